The van der Waals surface area contributed by atoms with E-state index in [1.807, 2.05) is 37.3 Å². The number of nitrogens with zero attached hydrogens (tertiary/aromatic N) is 3. The van der Waals surface area contributed by atoms with Crippen LogP contribution < -0.4 is 5.32 Å². The topological polar surface area (TPSA) is 109 Å². The fourth-order valence-corrected chi connectivity index (χ4v) is 4.29. The van der Waals surface area contributed by atoms with Crippen molar-refractivity contribution in [1.29, 1.82) is 0 Å². The molecule has 3 atom stereocenters. The van der Waals surface area contributed by atoms with E-state index in [-0.39, 0.29) is 24.7 Å². The van der Waals surface area contributed by atoms with Crippen molar-refractivity contribution in [3.8, 4) is 0 Å². The van der Waals surface area contributed by atoms with Gasteiger partial charge in [-0.3, -0.25) is 24.2 Å². The molecule has 3 aliphatic heterocycles. The Morgan fingerprint density at radius 2 is 2.06 bits per heavy atom. The smallest absolute Gasteiger partial charge is 0.257 e. The van der Waals surface area contributed by atoms with E-state index < -0.39 is 35.7 Å². The molecular formula is C22H20N4O5. The van der Waals surface area contributed by atoms with Crippen LogP contribution in [-0.2, 0) is 30.5 Å². The maximum atomic E-state index is 12.8. The van der Waals surface area contributed by atoms with Crippen LogP contribution in [-0.4, -0.2) is 69.6 Å². The van der Waals surface area contributed by atoms with Crippen LogP contribution in [0, 0.1) is 0 Å². The van der Waals surface area contributed by atoms with E-state index in [1.54, 1.807) is 6.20 Å². The summed E-state index contributed by atoms with van der Waals surface area (Å²) in [5.41, 5.74) is 1.33. The summed E-state index contributed by atoms with van der Waals surface area (Å²) in [6.07, 6.45) is 2.46. The third-order valence-electron chi connectivity index (χ3n) is 5.86. The average molecular weight is 420 g/mol. The largest absolute Gasteiger partial charge is 0.354 e. The molecule has 2 saturated heterocycles. The Kier molecular flexibility index (Phi) is 4.55. The van der Waals surface area contributed by atoms with E-state index >= 15 is 0 Å². The number of nitrogens with one attached hydrogen (secondary N) is 1. The van der Waals surface area contributed by atoms with Gasteiger partial charge in [0.15, 0.2) is 6.04 Å². The van der Waals surface area contributed by atoms with Gasteiger partial charge in [-0.05, 0) is 24.6 Å². The molecule has 5 rings (SSSR count). The van der Waals surface area contributed by atoms with Crippen LogP contribution in [0.5, 0.6) is 0 Å². The molecule has 0 aliphatic carbocycles. The number of carbonyl (C=O) groups is 4. The van der Waals surface area contributed by atoms with E-state index in [0.29, 0.717) is 6.61 Å². The lowest BCUT2D eigenvalue weighted by molar-refractivity contribution is -0.159. The number of rotatable bonds is 3. The number of aromatic nitrogens is 1. The summed E-state index contributed by atoms with van der Waals surface area (Å²) in [5, 5.41) is 3.60. The van der Waals surface area contributed by atoms with Gasteiger partial charge in [-0.15, -0.1) is 0 Å². The monoisotopic (exact) mass is 420 g/mol. The van der Waals surface area contributed by atoms with Gasteiger partial charge in [0.2, 0.25) is 11.6 Å². The molecule has 9 heteroatoms. The molecule has 2 fully saturated rings. The zero-order valence-electron chi connectivity index (χ0n) is 16.8. The summed E-state index contributed by atoms with van der Waals surface area (Å²) in [5.74, 6) is -2.96. The second kappa shape index (κ2) is 7.28. The molecule has 31 heavy (non-hydrogen) atoms. The van der Waals surface area contributed by atoms with E-state index in [4.69, 9.17) is 4.74 Å². The van der Waals surface area contributed by atoms with E-state index in [0.717, 1.165) is 16.5 Å². The lowest BCUT2D eigenvalue weighted by atomic mass is 9.93. The van der Waals surface area contributed by atoms with Gasteiger partial charge >= 0.3 is 0 Å². The van der Waals surface area contributed by atoms with Crippen molar-refractivity contribution in [3.05, 3.63) is 53.9 Å². The number of benzene rings is 1. The Hall–Kier alpha value is -3.59. The molecule has 4 heterocycles. The highest BCUT2D eigenvalue weighted by Gasteiger charge is 2.52. The number of hydrogen-bond acceptors (Lipinski definition) is 7. The van der Waals surface area contributed by atoms with Gasteiger partial charge in [0.1, 0.15) is 11.8 Å². The van der Waals surface area contributed by atoms with Crippen molar-refractivity contribution in [1.82, 2.24) is 20.1 Å². The van der Waals surface area contributed by atoms with Gasteiger partial charge in [0.25, 0.3) is 11.8 Å². The van der Waals surface area contributed by atoms with Crippen molar-refractivity contribution >= 4 is 34.3 Å². The number of pyridine rings is 1. The number of ketones is 2. The standard InChI is InChI=1S/C22H20N4O5/c1-12-11-31-17-10-25-9-15(19(27)20(28)18(25)22(30)26(12)17)21(29)24-8-13-6-14-4-2-3-5-16(14)23-7-13/h2-7,9,12,17-18H,8,10-11H2,1H3,(H,24,29)/t12-,17+,18?/m0/s1. The molecule has 0 spiro atoms. The predicted molar refractivity (Wildman–Crippen MR) is 108 cm³/mol. The first-order chi connectivity index (χ1) is 14.9. The summed E-state index contributed by atoms with van der Waals surface area (Å²) < 4.78 is 5.62. The second-order valence-electron chi connectivity index (χ2n) is 7.94. The highest BCUT2D eigenvalue weighted by atomic mass is 16.5. The Morgan fingerprint density at radius 3 is 2.90 bits per heavy atom. The summed E-state index contributed by atoms with van der Waals surface area (Å²) in [7, 11) is 0. The molecule has 9 nitrogen and oxygen atoms in total. The molecule has 1 aromatic carbocycles. The van der Waals surface area contributed by atoms with Crippen LogP contribution in [0.3, 0.4) is 0 Å². The molecule has 1 N–H and O–H groups in total. The van der Waals surface area contributed by atoms with Crippen LogP contribution in [0.2, 0.25) is 0 Å². The minimum absolute atomic E-state index is 0.148. The summed E-state index contributed by atoms with van der Waals surface area (Å²) >= 11 is 0. The lowest BCUT2D eigenvalue weighted by Crippen LogP contribution is -2.65. The first kappa shape index (κ1) is 19.4. The molecule has 2 aromatic rings. The fraction of sp³-hybridized carbons (Fsp3) is 0.318. The van der Waals surface area contributed by atoms with Crippen LogP contribution in [0.4, 0.5) is 0 Å². The number of Topliss-reactive ketones (excluding diaryl/α,β-unsaturated/α-hetero) is 2. The van der Waals surface area contributed by atoms with Crippen molar-refractivity contribution in [2.75, 3.05) is 13.2 Å². The fourth-order valence-electron chi connectivity index (χ4n) is 4.29. The molecule has 1 unspecified atom stereocenters. The number of amides is 2. The van der Waals surface area contributed by atoms with Crippen LogP contribution in [0.25, 0.3) is 10.9 Å². The van der Waals surface area contributed by atoms with Gasteiger partial charge in [-0.1, -0.05) is 18.2 Å². The molecule has 2 amide bonds. The predicted octanol–water partition coefficient (Wildman–Crippen LogP) is 0.144. The second-order valence-corrected chi connectivity index (χ2v) is 7.94. The number of hydrogen-bond donors (Lipinski definition) is 1. The SMILES string of the molecule is C[C@H]1CO[C@@H]2CN3C=C(C(=O)NCc4cnc5ccccc5c4)C(=O)C(=O)C3C(=O)N12. The Balaban J connectivity index is 1.34. The Bertz CT molecular complexity index is 1160. The summed E-state index contributed by atoms with van der Waals surface area (Å²) in [4.78, 5) is 58.1. The van der Waals surface area contributed by atoms with Crippen molar-refractivity contribution < 1.29 is 23.9 Å². The number of piperazine rings is 1. The van der Waals surface area contributed by atoms with E-state index in [2.05, 4.69) is 10.3 Å². The van der Waals surface area contributed by atoms with Gasteiger partial charge < -0.3 is 19.9 Å². The zero-order valence-corrected chi connectivity index (χ0v) is 16.8. The van der Waals surface area contributed by atoms with Crippen molar-refractivity contribution in [3.63, 3.8) is 0 Å². The molecule has 0 radical (unpaired) electrons. The van der Waals surface area contributed by atoms with Gasteiger partial charge in [0.05, 0.1) is 24.7 Å². The minimum Gasteiger partial charge on any atom is -0.354 e. The van der Waals surface area contributed by atoms with Crippen LogP contribution in [0.15, 0.2) is 48.3 Å². The van der Waals surface area contributed by atoms with Crippen molar-refractivity contribution in [2.24, 2.45) is 0 Å². The molecule has 3 aliphatic rings. The van der Waals surface area contributed by atoms with Crippen LogP contribution in [0.1, 0.15) is 12.5 Å². The quantitative estimate of drug-likeness (QED) is 0.428. The molecule has 0 saturated carbocycles. The molecular weight excluding hydrogens is 400 g/mol. The van der Waals surface area contributed by atoms with E-state index in [1.165, 1.54) is 16.0 Å². The molecule has 1 aromatic heterocycles. The highest BCUT2D eigenvalue weighted by Crippen LogP contribution is 2.29. The average Bonchev–Trinajstić information content (AvgIpc) is 3.15. The third kappa shape index (κ3) is 3.17. The first-order valence-corrected chi connectivity index (χ1v) is 10.1. The van der Waals surface area contributed by atoms with Gasteiger partial charge in [0, 0.05) is 24.3 Å². The number of ether oxygens (including phenoxy) is 1. The maximum absolute atomic E-state index is 12.8. The Labute approximate surface area is 177 Å². The molecule has 0 bridgehead atoms. The zero-order chi connectivity index (χ0) is 21.7. The van der Waals surface area contributed by atoms with E-state index in [9.17, 15) is 19.2 Å². The molecule has 158 valence electrons. The maximum Gasteiger partial charge on any atom is 0.257 e. The summed E-state index contributed by atoms with van der Waals surface area (Å²) in [6.45, 7) is 2.58. The highest BCUT2D eigenvalue weighted by molar-refractivity contribution is 6.53. The Morgan fingerprint density at radius 1 is 1.26 bits per heavy atom. The minimum atomic E-state index is -1.23. The summed E-state index contributed by atoms with van der Waals surface area (Å²) in [6, 6.07) is 8.11. The third-order valence-corrected chi connectivity index (χ3v) is 5.86. The number of carbonyl (C=O) groups excluding carboxylic acids is 4. The van der Waals surface area contributed by atoms with Crippen molar-refractivity contribution in [2.45, 2.75) is 31.8 Å². The first-order valence-electron chi connectivity index (χ1n) is 10.1. The van der Waals surface area contributed by atoms with Gasteiger partial charge in [-0.2, -0.15) is 0 Å². The van der Waals surface area contributed by atoms with Gasteiger partial charge in [-0.25, -0.2) is 0 Å². The normalized spacial score (nSPS) is 25.4. The van der Waals surface area contributed by atoms with Crippen LogP contribution >= 0.6 is 0 Å². The number of para-hydroxylation sites is 1. The number of fused-ring (bicyclic) bond motifs is 3. The lowest BCUT2D eigenvalue weighted by Gasteiger charge is -2.43.